The van der Waals surface area contributed by atoms with Gasteiger partial charge in [0.05, 0.1) is 11.5 Å². The van der Waals surface area contributed by atoms with Gasteiger partial charge in [-0.1, -0.05) is 6.42 Å². The number of hydrogen-bond donors (Lipinski definition) is 0. The van der Waals surface area contributed by atoms with Gasteiger partial charge in [-0.15, -0.1) is 11.3 Å². The van der Waals surface area contributed by atoms with Crippen molar-refractivity contribution in [2.75, 3.05) is 11.5 Å². The molecule has 3 rings (SSSR count). The first-order valence-electron chi connectivity index (χ1n) is 7.06. The molecule has 0 spiro atoms. The van der Waals surface area contributed by atoms with Crippen LogP contribution < -0.4 is 0 Å². The molecule has 1 aliphatic heterocycles. The average Bonchev–Trinajstić information content (AvgIpc) is 2.86. The van der Waals surface area contributed by atoms with Crippen LogP contribution >= 0.6 is 11.3 Å². The van der Waals surface area contributed by atoms with Crippen LogP contribution in [0.25, 0.3) is 0 Å². The highest BCUT2D eigenvalue weighted by atomic mass is 32.2. The molecule has 0 saturated carbocycles. The van der Waals surface area contributed by atoms with Crippen LogP contribution in [0.5, 0.6) is 0 Å². The van der Waals surface area contributed by atoms with E-state index >= 15 is 0 Å². The van der Waals surface area contributed by atoms with Crippen molar-refractivity contribution in [1.82, 2.24) is 0 Å². The van der Waals surface area contributed by atoms with Crippen LogP contribution in [0, 0.1) is 0 Å². The highest BCUT2D eigenvalue weighted by Gasteiger charge is 2.31. The minimum Gasteiger partial charge on any atom is -0.457 e. The Hall–Kier alpha value is -0.880. The normalized spacial score (nSPS) is 24.9. The first-order valence-corrected chi connectivity index (χ1v) is 9.70. The molecule has 110 valence electrons. The van der Waals surface area contributed by atoms with Crippen LogP contribution in [0.15, 0.2) is 6.07 Å². The Bertz CT molecular complexity index is 592. The second-order valence-corrected chi connectivity index (χ2v) is 8.92. The molecule has 0 aromatic carbocycles. The maximum Gasteiger partial charge on any atom is 0.348 e. The molecule has 1 atom stereocenters. The fourth-order valence-electron chi connectivity index (χ4n) is 2.83. The predicted molar refractivity (Wildman–Crippen MR) is 78.1 cm³/mol. The number of rotatable bonds is 2. The van der Waals surface area contributed by atoms with E-state index in [9.17, 15) is 13.2 Å². The molecular formula is C14H18O4S2. The number of thiophene rings is 1. The number of aryl methyl sites for hydroxylation is 2. The molecule has 6 heteroatoms. The Labute approximate surface area is 123 Å². The summed E-state index contributed by atoms with van der Waals surface area (Å²) < 4.78 is 28.1. The molecule has 1 aromatic rings. The van der Waals surface area contributed by atoms with E-state index in [-0.39, 0.29) is 17.5 Å². The molecule has 1 aromatic heterocycles. The van der Waals surface area contributed by atoms with E-state index in [0.717, 1.165) is 12.8 Å². The largest absolute Gasteiger partial charge is 0.457 e. The fraction of sp³-hybridized carbons (Fsp3) is 0.643. The Balaban J connectivity index is 1.69. The molecule has 2 aliphatic rings. The van der Waals surface area contributed by atoms with Crippen molar-refractivity contribution in [2.24, 2.45) is 0 Å². The predicted octanol–water partition coefficient (Wildman–Crippen LogP) is 2.36. The lowest BCUT2D eigenvalue weighted by atomic mass is 10.1. The quantitative estimate of drug-likeness (QED) is 0.621. The lowest BCUT2D eigenvalue weighted by Crippen LogP contribution is -2.18. The molecule has 20 heavy (non-hydrogen) atoms. The van der Waals surface area contributed by atoms with Crippen molar-refractivity contribution in [1.29, 1.82) is 0 Å². The third-order valence-corrected chi connectivity index (χ3v) is 6.87. The van der Waals surface area contributed by atoms with E-state index in [1.807, 2.05) is 6.07 Å². The molecule has 1 fully saturated rings. The Kier molecular flexibility index (Phi) is 3.86. The number of fused-ring (bicyclic) bond motifs is 1. The highest BCUT2D eigenvalue weighted by Crippen LogP contribution is 2.30. The Morgan fingerprint density at radius 3 is 2.80 bits per heavy atom. The first kappa shape index (κ1) is 14.1. The van der Waals surface area contributed by atoms with Crippen LogP contribution in [-0.4, -0.2) is 32.0 Å². The van der Waals surface area contributed by atoms with Gasteiger partial charge in [-0.25, -0.2) is 13.2 Å². The Morgan fingerprint density at radius 2 is 2.05 bits per heavy atom. The van der Waals surface area contributed by atoms with E-state index in [4.69, 9.17) is 4.74 Å². The number of carbonyl (C=O) groups is 1. The van der Waals surface area contributed by atoms with Crippen LogP contribution in [0.4, 0.5) is 0 Å². The molecule has 0 amide bonds. The summed E-state index contributed by atoms with van der Waals surface area (Å²) in [4.78, 5) is 14.0. The molecule has 1 saturated heterocycles. The number of ether oxygens (including phenoxy) is 1. The standard InChI is InChI=1S/C14H18O4S2/c15-14(18-11-6-7-20(16,17)9-11)13-8-10-4-2-1-3-5-12(10)19-13/h8,11H,1-7,9H2/t11-/m0/s1. The van der Waals surface area contributed by atoms with Gasteiger partial charge in [0.15, 0.2) is 9.84 Å². The molecule has 0 N–H and O–H groups in total. The zero-order valence-corrected chi connectivity index (χ0v) is 12.9. The van der Waals surface area contributed by atoms with Gasteiger partial charge in [0.1, 0.15) is 11.0 Å². The summed E-state index contributed by atoms with van der Waals surface area (Å²) in [7, 11) is -3.00. The number of esters is 1. The lowest BCUT2D eigenvalue weighted by molar-refractivity contribution is 0.0362. The molecule has 1 aliphatic carbocycles. The van der Waals surface area contributed by atoms with Gasteiger partial charge in [-0.05, 0) is 43.7 Å². The number of sulfone groups is 1. The second-order valence-electron chi connectivity index (χ2n) is 5.55. The van der Waals surface area contributed by atoms with E-state index in [1.54, 1.807) is 0 Å². The van der Waals surface area contributed by atoms with Gasteiger partial charge in [0, 0.05) is 4.88 Å². The second kappa shape index (κ2) is 5.48. The maximum atomic E-state index is 12.1. The van der Waals surface area contributed by atoms with E-state index in [1.165, 1.54) is 41.0 Å². The minimum absolute atomic E-state index is 0.0240. The lowest BCUT2D eigenvalue weighted by Gasteiger charge is -2.08. The van der Waals surface area contributed by atoms with E-state index in [0.29, 0.717) is 11.3 Å². The van der Waals surface area contributed by atoms with Crippen molar-refractivity contribution in [2.45, 2.75) is 44.6 Å². The molecule has 0 bridgehead atoms. The number of carbonyl (C=O) groups excluding carboxylic acids is 1. The minimum atomic E-state index is -3.00. The summed E-state index contributed by atoms with van der Waals surface area (Å²) in [5.41, 5.74) is 1.28. The average molecular weight is 314 g/mol. The summed E-state index contributed by atoms with van der Waals surface area (Å²) >= 11 is 1.52. The summed E-state index contributed by atoms with van der Waals surface area (Å²) in [5, 5.41) is 0. The zero-order chi connectivity index (χ0) is 14.2. The van der Waals surface area contributed by atoms with Crippen molar-refractivity contribution < 1.29 is 17.9 Å². The highest BCUT2D eigenvalue weighted by molar-refractivity contribution is 7.91. The Morgan fingerprint density at radius 1 is 1.25 bits per heavy atom. The molecule has 4 nitrogen and oxygen atoms in total. The first-order chi connectivity index (χ1) is 9.53. The van der Waals surface area contributed by atoms with Crippen molar-refractivity contribution in [3.05, 3.63) is 21.4 Å². The fourth-order valence-corrected chi connectivity index (χ4v) is 5.56. The van der Waals surface area contributed by atoms with Crippen molar-refractivity contribution in [3.63, 3.8) is 0 Å². The van der Waals surface area contributed by atoms with Crippen LogP contribution in [0.1, 0.15) is 45.8 Å². The van der Waals surface area contributed by atoms with Gasteiger partial charge in [0.2, 0.25) is 0 Å². The van der Waals surface area contributed by atoms with Crippen LogP contribution in [-0.2, 0) is 27.4 Å². The van der Waals surface area contributed by atoms with E-state index in [2.05, 4.69) is 0 Å². The van der Waals surface area contributed by atoms with Gasteiger partial charge < -0.3 is 4.74 Å². The third-order valence-electron chi connectivity index (χ3n) is 3.91. The SMILES string of the molecule is O=C(O[C@H]1CCS(=O)(=O)C1)c1cc2c(s1)CCCCC2. The maximum absolute atomic E-state index is 12.1. The third kappa shape index (κ3) is 3.06. The van der Waals surface area contributed by atoms with Crippen LogP contribution in [0.2, 0.25) is 0 Å². The molecule has 0 unspecified atom stereocenters. The van der Waals surface area contributed by atoms with E-state index < -0.39 is 15.9 Å². The smallest absolute Gasteiger partial charge is 0.348 e. The van der Waals surface area contributed by atoms with Crippen molar-refractivity contribution in [3.8, 4) is 0 Å². The van der Waals surface area contributed by atoms with Crippen LogP contribution in [0.3, 0.4) is 0 Å². The number of hydrogen-bond acceptors (Lipinski definition) is 5. The summed E-state index contributed by atoms with van der Waals surface area (Å²) in [6.45, 7) is 0. The zero-order valence-electron chi connectivity index (χ0n) is 11.3. The van der Waals surface area contributed by atoms with Crippen molar-refractivity contribution >= 4 is 27.1 Å². The van der Waals surface area contributed by atoms with Gasteiger partial charge in [0.25, 0.3) is 0 Å². The van der Waals surface area contributed by atoms with Gasteiger partial charge in [-0.2, -0.15) is 0 Å². The monoisotopic (exact) mass is 314 g/mol. The summed E-state index contributed by atoms with van der Waals surface area (Å²) in [6.07, 6.45) is 5.67. The topological polar surface area (TPSA) is 60.4 Å². The summed E-state index contributed by atoms with van der Waals surface area (Å²) in [5.74, 6) is -0.249. The summed E-state index contributed by atoms with van der Waals surface area (Å²) in [6, 6.07) is 1.94. The molecule has 2 heterocycles. The van der Waals surface area contributed by atoms with Gasteiger partial charge >= 0.3 is 5.97 Å². The van der Waals surface area contributed by atoms with Gasteiger partial charge in [-0.3, -0.25) is 0 Å². The molecule has 0 radical (unpaired) electrons. The molecular weight excluding hydrogens is 296 g/mol.